The van der Waals surface area contributed by atoms with E-state index in [1.165, 1.54) is 18.2 Å². The number of nitrogens with one attached hydrogen (secondary N) is 1. The molecule has 2 rings (SSSR count). The number of aromatic amines is 1. The van der Waals surface area contributed by atoms with Crippen molar-refractivity contribution in [2.24, 2.45) is 5.92 Å². The highest BCUT2D eigenvalue weighted by molar-refractivity contribution is 9.10. The van der Waals surface area contributed by atoms with Crippen molar-refractivity contribution in [3.05, 3.63) is 16.9 Å². The summed E-state index contributed by atoms with van der Waals surface area (Å²) in [6, 6.07) is 0. The van der Waals surface area contributed by atoms with Crippen LogP contribution in [0.1, 0.15) is 12.8 Å². The number of hydrogen-bond donors (Lipinski definition) is 1. The normalized spacial score (nSPS) is 15.5. The summed E-state index contributed by atoms with van der Waals surface area (Å²) in [5.41, 5.74) is 0. The molecule has 0 saturated heterocycles. The molecule has 1 heterocycles. The van der Waals surface area contributed by atoms with Gasteiger partial charge in [-0.2, -0.15) is 5.10 Å². The van der Waals surface area contributed by atoms with Crippen molar-refractivity contribution in [3.8, 4) is 0 Å². The first-order valence-corrected chi connectivity index (χ1v) is 5.44. The Morgan fingerprint density at radius 3 is 2.45 bits per heavy atom. The summed E-state index contributed by atoms with van der Waals surface area (Å²) in [6.45, 7) is 0. The van der Waals surface area contributed by atoms with Gasteiger partial charge in [0.2, 0.25) is 0 Å². The van der Waals surface area contributed by atoms with Gasteiger partial charge in [0.25, 0.3) is 0 Å². The Kier molecular flexibility index (Phi) is 4.15. The lowest BCUT2D eigenvalue weighted by molar-refractivity contribution is 1.01. The van der Waals surface area contributed by atoms with Gasteiger partial charge in [0, 0.05) is 11.5 Å². The van der Waals surface area contributed by atoms with Crippen LogP contribution >= 0.6 is 31.9 Å². The average Bonchev–Trinajstić information content (AvgIpc) is 2.75. The molecule has 1 saturated carbocycles. The summed E-state index contributed by atoms with van der Waals surface area (Å²) in [5.74, 6) is 1.05. The number of rotatable bonds is 1. The molecule has 62 valence electrons. The van der Waals surface area contributed by atoms with Gasteiger partial charge in [-0.05, 0) is 34.7 Å². The minimum Gasteiger partial charge on any atom is -0.285 e. The Bertz CT molecular complexity index is 182. The van der Waals surface area contributed by atoms with Crippen LogP contribution in [0.15, 0.2) is 16.9 Å². The van der Waals surface area contributed by atoms with Crippen molar-refractivity contribution in [1.29, 1.82) is 0 Å². The molecule has 0 bridgehead atoms. The van der Waals surface area contributed by atoms with E-state index < -0.39 is 0 Å². The van der Waals surface area contributed by atoms with Crippen LogP contribution in [0.4, 0.5) is 0 Å². The number of H-pyrrole nitrogens is 1. The van der Waals surface area contributed by atoms with Gasteiger partial charge >= 0.3 is 0 Å². The molecule has 0 unspecified atom stereocenters. The van der Waals surface area contributed by atoms with E-state index in [0.717, 1.165) is 10.4 Å². The molecule has 11 heavy (non-hydrogen) atoms. The minimum atomic E-state index is 0.988. The van der Waals surface area contributed by atoms with Crippen LogP contribution in [-0.2, 0) is 0 Å². The van der Waals surface area contributed by atoms with E-state index in [0.29, 0.717) is 0 Å². The fourth-order valence-corrected chi connectivity index (χ4v) is 1.36. The van der Waals surface area contributed by atoms with Gasteiger partial charge in [0.1, 0.15) is 0 Å². The number of hydrogen-bond acceptors (Lipinski definition) is 1. The van der Waals surface area contributed by atoms with Crippen molar-refractivity contribution >= 4 is 31.9 Å². The molecule has 1 aliphatic rings. The summed E-state index contributed by atoms with van der Waals surface area (Å²) in [4.78, 5) is 0. The van der Waals surface area contributed by atoms with E-state index in [4.69, 9.17) is 0 Å². The molecule has 0 aromatic carbocycles. The summed E-state index contributed by atoms with van der Waals surface area (Å²) in [5, 5.41) is 7.51. The second-order valence-corrected chi connectivity index (χ2v) is 4.08. The minimum absolute atomic E-state index is 0.988. The predicted octanol–water partition coefficient (Wildman–Crippen LogP) is 2.96. The molecular weight excluding hydrogens is 272 g/mol. The molecule has 1 aliphatic carbocycles. The maximum absolute atomic E-state index is 3.65. The topological polar surface area (TPSA) is 28.7 Å². The largest absolute Gasteiger partial charge is 0.285 e. The molecule has 4 heteroatoms. The highest BCUT2D eigenvalue weighted by Crippen LogP contribution is 2.29. The number of halogens is 2. The summed E-state index contributed by atoms with van der Waals surface area (Å²) in [7, 11) is 0. The zero-order chi connectivity index (χ0) is 8.10. The van der Waals surface area contributed by atoms with Gasteiger partial charge < -0.3 is 0 Å². The van der Waals surface area contributed by atoms with Gasteiger partial charge in [-0.15, -0.1) is 0 Å². The molecule has 0 atom stereocenters. The van der Waals surface area contributed by atoms with Crippen molar-refractivity contribution in [3.63, 3.8) is 0 Å². The van der Waals surface area contributed by atoms with E-state index in [9.17, 15) is 0 Å². The van der Waals surface area contributed by atoms with Crippen LogP contribution in [0.3, 0.4) is 0 Å². The van der Waals surface area contributed by atoms with E-state index >= 15 is 0 Å². The lowest BCUT2D eigenvalue weighted by Crippen LogP contribution is -1.66. The molecule has 1 aromatic heterocycles. The molecule has 0 aliphatic heterocycles. The Hall–Kier alpha value is 0.170. The number of aromatic nitrogens is 2. The highest BCUT2D eigenvalue weighted by atomic mass is 79.9. The predicted molar refractivity (Wildman–Crippen MR) is 52.8 cm³/mol. The van der Waals surface area contributed by atoms with Crippen LogP contribution in [0, 0.1) is 5.92 Å². The van der Waals surface area contributed by atoms with Crippen LogP contribution in [0.5, 0.6) is 0 Å². The van der Waals surface area contributed by atoms with Crippen molar-refractivity contribution < 1.29 is 0 Å². The van der Waals surface area contributed by atoms with E-state index in [1.54, 1.807) is 12.4 Å². The third-order valence-corrected chi connectivity index (χ3v) is 2.73. The first-order valence-electron chi connectivity index (χ1n) is 3.53. The summed E-state index contributed by atoms with van der Waals surface area (Å²) < 4.78 is 0.988. The molecule has 2 nitrogen and oxygen atoms in total. The van der Waals surface area contributed by atoms with Gasteiger partial charge in [0.05, 0.1) is 10.7 Å². The second-order valence-electron chi connectivity index (χ2n) is 2.51. The first-order chi connectivity index (χ1) is 5.33. The second kappa shape index (κ2) is 4.93. The van der Waals surface area contributed by atoms with Crippen molar-refractivity contribution in [2.45, 2.75) is 12.8 Å². The maximum Gasteiger partial charge on any atom is 0.0629 e. The smallest absolute Gasteiger partial charge is 0.0629 e. The Morgan fingerprint density at radius 1 is 1.64 bits per heavy atom. The maximum atomic E-state index is 3.65. The molecule has 0 radical (unpaired) electrons. The van der Waals surface area contributed by atoms with E-state index in [2.05, 4.69) is 42.1 Å². The zero-order valence-corrected chi connectivity index (χ0v) is 9.23. The number of nitrogens with zero attached hydrogens (tertiary/aromatic N) is 1. The summed E-state index contributed by atoms with van der Waals surface area (Å²) in [6.07, 6.45) is 6.39. The Labute approximate surface area is 83.0 Å². The Balaban J connectivity index is 0.000000112. The molecular formula is C7H10Br2N2. The van der Waals surface area contributed by atoms with Crippen LogP contribution in [0.2, 0.25) is 0 Å². The van der Waals surface area contributed by atoms with Crippen LogP contribution in [-0.4, -0.2) is 15.5 Å². The van der Waals surface area contributed by atoms with Gasteiger partial charge in [-0.1, -0.05) is 15.9 Å². The lowest BCUT2D eigenvalue weighted by atomic mass is 10.5. The molecule has 1 fully saturated rings. The fraction of sp³-hybridized carbons (Fsp3) is 0.571. The van der Waals surface area contributed by atoms with Crippen LogP contribution in [0.25, 0.3) is 0 Å². The highest BCUT2D eigenvalue weighted by Gasteiger charge is 2.18. The SMILES string of the molecule is BrCC1CC1.Brc1cn[nH]c1. The molecule has 0 amide bonds. The quantitative estimate of drug-likeness (QED) is 0.788. The van der Waals surface area contributed by atoms with Gasteiger partial charge in [0.15, 0.2) is 0 Å². The van der Waals surface area contributed by atoms with E-state index in [-0.39, 0.29) is 0 Å². The fourth-order valence-electron chi connectivity index (χ4n) is 0.507. The average molecular weight is 282 g/mol. The Morgan fingerprint density at radius 2 is 2.36 bits per heavy atom. The molecule has 1 aromatic rings. The zero-order valence-electron chi connectivity index (χ0n) is 6.06. The van der Waals surface area contributed by atoms with E-state index in [1.807, 2.05) is 0 Å². The van der Waals surface area contributed by atoms with Gasteiger partial charge in [-0.3, -0.25) is 5.10 Å². The van der Waals surface area contributed by atoms with Crippen LogP contribution < -0.4 is 0 Å². The third kappa shape index (κ3) is 4.58. The number of alkyl halides is 1. The first kappa shape index (κ1) is 9.26. The third-order valence-electron chi connectivity index (χ3n) is 1.38. The van der Waals surface area contributed by atoms with Crippen molar-refractivity contribution in [1.82, 2.24) is 10.2 Å². The molecule has 1 N–H and O–H groups in total. The lowest BCUT2D eigenvalue weighted by Gasteiger charge is -1.70. The summed E-state index contributed by atoms with van der Waals surface area (Å²) >= 11 is 6.56. The van der Waals surface area contributed by atoms with Crippen molar-refractivity contribution in [2.75, 3.05) is 5.33 Å². The standard InChI is InChI=1S/C4H7Br.C3H3BrN2/c5-3-4-1-2-4;4-3-1-5-6-2-3/h4H,1-3H2;1-2H,(H,5,6). The monoisotopic (exact) mass is 280 g/mol. The van der Waals surface area contributed by atoms with Gasteiger partial charge in [-0.25, -0.2) is 0 Å². The molecule has 0 spiro atoms.